The van der Waals surface area contributed by atoms with Crippen LogP contribution in [0, 0.1) is 0 Å². The van der Waals surface area contributed by atoms with Crippen molar-refractivity contribution in [3.05, 3.63) is 59.2 Å². The smallest absolute Gasteiger partial charge is 0.252 e. The largest absolute Gasteiger partial charge is 0.355 e. The molecule has 0 aromatic heterocycles. The highest BCUT2D eigenvalue weighted by Crippen LogP contribution is 2.30. The second kappa shape index (κ2) is 4.31. The van der Waals surface area contributed by atoms with Gasteiger partial charge in [0, 0.05) is 16.9 Å². The fourth-order valence-electron chi connectivity index (χ4n) is 2.02. The fourth-order valence-corrected chi connectivity index (χ4v) is 2.14. The monoisotopic (exact) mass is 255 g/mol. The number of hydrogen-bond donors (Lipinski definition) is 1. The number of carbonyl (C=O) groups excluding carboxylic acids is 1. The number of rotatable bonds is 1. The lowest BCUT2D eigenvalue weighted by Crippen LogP contribution is -1.95. The lowest BCUT2D eigenvalue weighted by Gasteiger charge is -2.09. The molecule has 0 bridgehead atoms. The predicted octanol–water partition coefficient (Wildman–Crippen LogP) is 4.29. The molecule has 0 saturated heterocycles. The van der Waals surface area contributed by atoms with Crippen LogP contribution in [0.1, 0.15) is 21.5 Å². The highest BCUT2D eigenvalue weighted by Gasteiger charge is 2.10. The number of fused-ring (bicyclic) bond motifs is 2. The van der Waals surface area contributed by atoms with Crippen molar-refractivity contribution < 1.29 is 4.79 Å². The molecule has 0 unspecified atom stereocenters. The molecular formula is C15H10ClNO. The molecule has 0 saturated carbocycles. The summed E-state index contributed by atoms with van der Waals surface area (Å²) < 4.78 is 0. The minimum atomic E-state index is -0.437. The van der Waals surface area contributed by atoms with Crippen molar-refractivity contribution in [3.8, 4) is 0 Å². The van der Waals surface area contributed by atoms with E-state index in [1.54, 1.807) is 12.1 Å². The second-order valence-electron chi connectivity index (χ2n) is 4.12. The molecule has 3 rings (SSSR count). The van der Waals surface area contributed by atoms with E-state index in [1.165, 1.54) is 0 Å². The molecule has 2 aromatic rings. The predicted molar refractivity (Wildman–Crippen MR) is 75.3 cm³/mol. The first-order chi connectivity index (χ1) is 8.74. The van der Waals surface area contributed by atoms with Crippen LogP contribution in [0.2, 0.25) is 0 Å². The van der Waals surface area contributed by atoms with Crippen LogP contribution < -0.4 is 5.32 Å². The van der Waals surface area contributed by atoms with Gasteiger partial charge in [0.05, 0.1) is 0 Å². The number of benzene rings is 2. The Kier molecular flexibility index (Phi) is 2.65. The number of halogens is 1. The van der Waals surface area contributed by atoms with Gasteiger partial charge in [-0.15, -0.1) is 0 Å². The third-order valence-corrected chi connectivity index (χ3v) is 3.17. The van der Waals surface area contributed by atoms with Crippen LogP contribution in [0.5, 0.6) is 0 Å². The normalized spacial score (nSPS) is 12.1. The molecule has 2 nitrogen and oxygen atoms in total. The number of carbonyl (C=O) groups is 1. The van der Waals surface area contributed by atoms with E-state index in [0.29, 0.717) is 5.56 Å². The molecule has 0 radical (unpaired) electrons. The van der Waals surface area contributed by atoms with Crippen LogP contribution in [-0.4, -0.2) is 5.24 Å². The average Bonchev–Trinajstić information content (AvgIpc) is 2.56. The van der Waals surface area contributed by atoms with Crippen molar-refractivity contribution in [1.82, 2.24) is 0 Å². The van der Waals surface area contributed by atoms with E-state index in [4.69, 9.17) is 11.6 Å². The Morgan fingerprint density at radius 3 is 2.50 bits per heavy atom. The Bertz CT molecular complexity index is 661. The zero-order chi connectivity index (χ0) is 12.5. The van der Waals surface area contributed by atoms with Gasteiger partial charge in [-0.2, -0.15) is 0 Å². The molecule has 1 aliphatic rings. The van der Waals surface area contributed by atoms with Gasteiger partial charge < -0.3 is 5.32 Å². The van der Waals surface area contributed by atoms with E-state index in [-0.39, 0.29) is 0 Å². The topological polar surface area (TPSA) is 29.1 Å². The van der Waals surface area contributed by atoms with Crippen LogP contribution in [-0.2, 0) is 0 Å². The SMILES string of the molecule is O=C(Cl)c1ccc2c(c1)C=Cc1ccccc1N2. The van der Waals surface area contributed by atoms with Gasteiger partial charge in [0.25, 0.3) is 5.24 Å². The molecule has 3 heteroatoms. The van der Waals surface area contributed by atoms with Gasteiger partial charge in [-0.3, -0.25) is 4.79 Å². The first-order valence-electron chi connectivity index (χ1n) is 5.62. The minimum absolute atomic E-state index is 0.437. The first kappa shape index (κ1) is 11.1. The number of para-hydroxylation sites is 1. The Morgan fingerprint density at radius 2 is 1.67 bits per heavy atom. The van der Waals surface area contributed by atoms with Gasteiger partial charge in [0.15, 0.2) is 0 Å². The number of nitrogens with one attached hydrogen (secondary N) is 1. The summed E-state index contributed by atoms with van der Waals surface area (Å²) in [5, 5.41) is 2.92. The maximum absolute atomic E-state index is 11.2. The lowest BCUT2D eigenvalue weighted by molar-refractivity contribution is 0.108. The quantitative estimate of drug-likeness (QED) is 0.657. The first-order valence-corrected chi connectivity index (χ1v) is 6.00. The van der Waals surface area contributed by atoms with E-state index in [1.807, 2.05) is 42.5 Å². The highest BCUT2D eigenvalue weighted by atomic mass is 35.5. The molecule has 1 aliphatic heterocycles. The van der Waals surface area contributed by atoms with Crippen LogP contribution in [0.15, 0.2) is 42.5 Å². The van der Waals surface area contributed by atoms with Crippen molar-refractivity contribution in [3.63, 3.8) is 0 Å². The molecule has 0 spiro atoms. The zero-order valence-electron chi connectivity index (χ0n) is 9.48. The summed E-state index contributed by atoms with van der Waals surface area (Å²) in [5.74, 6) is 0. The van der Waals surface area contributed by atoms with Crippen molar-refractivity contribution >= 4 is 40.4 Å². The summed E-state index contributed by atoms with van der Waals surface area (Å²) in [7, 11) is 0. The van der Waals surface area contributed by atoms with E-state index in [0.717, 1.165) is 22.5 Å². The molecule has 1 heterocycles. The van der Waals surface area contributed by atoms with Gasteiger partial charge in [0.1, 0.15) is 0 Å². The standard InChI is InChI=1S/C15H10ClNO/c16-15(18)12-7-8-14-11(9-12)6-5-10-3-1-2-4-13(10)17-14/h1-9,17H. The molecule has 2 aromatic carbocycles. The lowest BCUT2D eigenvalue weighted by atomic mass is 10.1. The van der Waals surface area contributed by atoms with Gasteiger partial charge in [-0.05, 0) is 47.0 Å². The summed E-state index contributed by atoms with van der Waals surface area (Å²) in [5.41, 5.74) is 4.60. The van der Waals surface area contributed by atoms with Crippen LogP contribution in [0.3, 0.4) is 0 Å². The summed E-state index contributed by atoms with van der Waals surface area (Å²) in [6.07, 6.45) is 4.01. The van der Waals surface area contributed by atoms with Gasteiger partial charge >= 0.3 is 0 Å². The van der Waals surface area contributed by atoms with Gasteiger partial charge in [-0.1, -0.05) is 30.4 Å². The Morgan fingerprint density at radius 1 is 0.944 bits per heavy atom. The minimum Gasteiger partial charge on any atom is -0.355 e. The van der Waals surface area contributed by atoms with Gasteiger partial charge in [0.2, 0.25) is 0 Å². The molecule has 0 aliphatic carbocycles. The number of hydrogen-bond acceptors (Lipinski definition) is 2. The number of anilines is 2. The summed E-state index contributed by atoms with van der Waals surface area (Å²) in [6.45, 7) is 0. The maximum atomic E-state index is 11.2. The Hall–Kier alpha value is -2.06. The van der Waals surface area contributed by atoms with E-state index < -0.39 is 5.24 Å². The van der Waals surface area contributed by atoms with Crippen molar-refractivity contribution in [2.75, 3.05) is 5.32 Å². The molecule has 0 amide bonds. The second-order valence-corrected chi connectivity index (χ2v) is 4.46. The zero-order valence-corrected chi connectivity index (χ0v) is 10.2. The molecule has 18 heavy (non-hydrogen) atoms. The summed E-state index contributed by atoms with van der Waals surface area (Å²) in [4.78, 5) is 11.2. The Labute approximate surface area is 110 Å². The van der Waals surface area contributed by atoms with E-state index in [9.17, 15) is 4.79 Å². The summed E-state index contributed by atoms with van der Waals surface area (Å²) >= 11 is 5.49. The molecule has 0 atom stereocenters. The molecule has 0 fully saturated rings. The third-order valence-electron chi connectivity index (χ3n) is 2.95. The molecule has 1 N–H and O–H groups in total. The van der Waals surface area contributed by atoms with Crippen LogP contribution in [0.25, 0.3) is 12.2 Å². The fraction of sp³-hybridized carbons (Fsp3) is 0. The van der Waals surface area contributed by atoms with Crippen LogP contribution in [0.4, 0.5) is 11.4 Å². The van der Waals surface area contributed by atoms with E-state index in [2.05, 4.69) is 5.32 Å². The maximum Gasteiger partial charge on any atom is 0.252 e. The van der Waals surface area contributed by atoms with Crippen molar-refractivity contribution in [1.29, 1.82) is 0 Å². The van der Waals surface area contributed by atoms with Crippen LogP contribution >= 0.6 is 11.6 Å². The van der Waals surface area contributed by atoms with E-state index >= 15 is 0 Å². The highest BCUT2D eigenvalue weighted by molar-refractivity contribution is 6.67. The Balaban J connectivity index is 2.12. The van der Waals surface area contributed by atoms with Crippen molar-refractivity contribution in [2.45, 2.75) is 0 Å². The summed E-state index contributed by atoms with van der Waals surface area (Å²) in [6, 6.07) is 13.4. The molecule has 88 valence electrons. The third kappa shape index (κ3) is 1.91. The van der Waals surface area contributed by atoms with Crippen molar-refractivity contribution in [2.24, 2.45) is 0 Å². The molecular weight excluding hydrogens is 246 g/mol. The average molecular weight is 256 g/mol. The van der Waals surface area contributed by atoms with Gasteiger partial charge in [-0.25, -0.2) is 0 Å².